The zero-order valence-corrected chi connectivity index (χ0v) is 13.0. The molecule has 2 fully saturated rings. The Bertz CT molecular complexity index is 600. The van der Waals surface area contributed by atoms with Crippen molar-refractivity contribution in [3.05, 3.63) is 29.3 Å². The van der Waals surface area contributed by atoms with Gasteiger partial charge in [0.05, 0.1) is 4.90 Å². The standard InChI is InChI=1S/C15H22N2O2S/c1-12-3-6-15(13(2)11-12)20(18,19)17-9-7-16(8-10-17)14-4-5-14/h3,6,11,14H,4-5,7-10H2,1-2H3. The van der Waals surface area contributed by atoms with Gasteiger partial charge in [-0.3, -0.25) is 4.90 Å². The molecule has 1 aliphatic carbocycles. The molecule has 20 heavy (non-hydrogen) atoms. The van der Waals surface area contributed by atoms with E-state index in [1.54, 1.807) is 10.4 Å². The van der Waals surface area contributed by atoms with E-state index in [1.165, 1.54) is 12.8 Å². The van der Waals surface area contributed by atoms with Gasteiger partial charge in [-0.2, -0.15) is 4.31 Å². The summed E-state index contributed by atoms with van der Waals surface area (Å²) < 4.78 is 27.1. The molecule has 1 saturated heterocycles. The van der Waals surface area contributed by atoms with Crippen LogP contribution in [0.1, 0.15) is 24.0 Å². The van der Waals surface area contributed by atoms with E-state index >= 15 is 0 Å². The number of rotatable bonds is 3. The van der Waals surface area contributed by atoms with Crippen LogP contribution in [0, 0.1) is 13.8 Å². The Hall–Kier alpha value is -0.910. The van der Waals surface area contributed by atoms with Crippen molar-refractivity contribution in [3.8, 4) is 0 Å². The highest BCUT2D eigenvalue weighted by molar-refractivity contribution is 7.89. The van der Waals surface area contributed by atoms with Gasteiger partial charge in [0.25, 0.3) is 0 Å². The van der Waals surface area contributed by atoms with Gasteiger partial charge < -0.3 is 0 Å². The predicted molar refractivity (Wildman–Crippen MR) is 79.3 cm³/mol. The summed E-state index contributed by atoms with van der Waals surface area (Å²) in [6, 6.07) is 6.28. The second kappa shape index (κ2) is 5.13. The zero-order chi connectivity index (χ0) is 14.3. The zero-order valence-electron chi connectivity index (χ0n) is 12.2. The van der Waals surface area contributed by atoms with E-state index in [4.69, 9.17) is 0 Å². The highest BCUT2D eigenvalue weighted by Crippen LogP contribution is 2.29. The van der Waals surface area contributed by atoms with Crippen molar-refractivity contribution in [2.24, 2.45) is 0 Å². The Morgan fingerprint density at radius 3 is 2.25 bits per heavy atom. The number of aryl methyl sites for hydroxylation is 2. The Labute approximate surface area is 121 Å². The van der Waals surface area contributed by atoms with Gasteiger partial charge in [0, 0.05) is 32.2 Å². The topological polar surface area (TPSA) is 40.6 Å². The second-order valence-corrected chi connectivity index (χ2v) is 7.85. The van der Waals surface area contributed by atoms with E-state index < -0.39 is 10.0 Å². The molecular formula is C15H22N2O2S. The minimum absolute atomic E-state index is 0.461. The fraction of sp³-hybridized carbons (Fsp3) is 0.600. The van der Waals surface area contributed by atoms with Crippen molar-refractivity contribution in [2.75, 3.05) is 26.2 Å². The molecule has 2 aliphatic rings. The van der Waals surface area contributed by atoms with Gasteiger partial charge in [-0.05, 0) is 38.3 Å². The Morgan fingerprint density at radius 2 is 1.70 bits per heavy atom. The molecule has 1 saturated carbocycles. The summed E-state index contributed by atoms with van der Waals surface area (Å²) in [5.41, 5.74) is 1.94. The van der Waals surface area contributed by atoms with Crippen molar-refractivity contribution in [2.45, 2.75) is 37.6 Å². The van der Waals surface area contributed by atoms with Crippen LogP contribution in [-0.2, 0) is 10.0 Å². The van der Waals surface area contributed by atoms with Gasteiger partial charge in [-0.15, -0.1) is 0 Å². The third-order valence-corrected chi connectivity index (χ3v) is 6.34. The number of hydrogen-bond donors (Lipinski definition) is 0. The molecule has 0 aromatic heterocycles. The first-order valence-electron chi connectivity index (χ1n) is 7.30. The molecule has 110 valence electrons. The monoisotopic (exact) mass is 294 g/mol. The van der Waals surface area contributed by atoms with Gasteiger partial charge in [-0.25, -0.2) is 8.42 Å². The van der Waals surface area contributed by atoms with Crippen LogP contribution in [0.15, 0.2) is 23.1 Å². The minimum Gasteiger partial charge on any atom is -0.298 e. The fourth-order valence-corrected chi connectivity index (χ4v) is 4.60. The van der Waals surface area contributed by atoms with Crippen LogP contribution in [0.5, 0.6) is 0 Å². The molecule has 0 radical (unpaired) electrons. The first-order valence-corrected chi connectivity index (χ1v) is 8.74. The highest BCUT2D eigenvalue weighted by atomic mass is 32.2. The molecule has 4 nitrogen and oxygen atoms in total. The number of hydrogen-bond acceptors (Lipinski definition) is 3. The average Bonchev–Trinajstić information content (AvgIpc) is 3.22. The fourth-order valence-electron chi connectivity index (χ4n) is 2.98. The summed E-state index contributed by atoms with van der Waals surface area (Å²) in [7, 11) is -3.33. The van der Waals surface area contributed by atoms with Crippen LogP contribution in [0.2, 0.25) is 0 Å². The SMILES string of the molecule is Cc1ccc(S(=O)(=O)N2CCN(C3CC3)CC2)c(C)c1. The molecule has 1 heterocycles. The van der Waals surface area contributed by atoms with E-state index in [0.717, 1.165) is 30.3 Å². The first-order chi connectivity index (χ1) is 9.48. The summed E-state index contributed by atoms with van der Waals surface area (Å²) in [6.45, 7) is 6.83. The molecular weight excluding hydrogens is 272 g/mol. The summed E-state index contributed by atoms with van der Waals surface area (Å²) in [5.74, 6) is 0. The van der Waals surface area contributed by atoms with Crippen LogP contribution in [0.25, 0.3) is 0 Å². The molecule has 0 bridgehead atoms. The first kappa shape index (κ1) is 14.0. The van der Waals surface area contributed by atoms with Gasteiger partial charge in [0.1, 0.15) is 0 Å². The lowest BCUT2D eigenvalue weighted by molar-refractivity contribution is 0.180. The van der Waals surface area contributed by atoms with Gasteiger partial charge in [0.15, 0.2) is 0 Å². The molecule has 1 aromatic carbocycles. The van der Waals surface area contributed by atoms with Crippen LogP contribution in [-0.4, -0.2) is 49.8 Å². The molecule has 0 amide bonds. The lowest BCUT2D eigenvalue weighted by Crippen LogP contribution is -2.49. The van der Waals surface area contributed by atoms with Gasteiger partial charge in [-0.1, -0.05) is 17.7 Å². The number of sulfonamides is 1. The second-order valence-electron chi connectivity index (χ2n) is 5.94. The molecule has 5 heteroatoms. The minimum atomic E-state index is -3.33. The summed E-state index contributed by atoms with van der Waals surface area (Å²) in [4.78, 5) is 2.89. The molecule has 1 aromatic rings. The maximum Gasteiger partial charge on any atom is 0.243 e. The maximum atomic E-state index is 12.7. The quantitative estimate of drug-likeness (QED) is 0.853. The molecule has 0 unspecified atom stereocenters. The number of nitrogens with zero attached hydrogens (tertiary/aromatic N) is 2. The Morgan fingerprint density at radius 1 is 1.05 bits per heavy atom. The van der Waals surface area contributed by atoms with Crippen molar-refractivity contribution in [1.29, 1.82) is 0 Å². The smallest absolute Gasteiger partial charge is 0.243 e. The van der Waals surface area contributed by atoms with E-state index in [9.17, 15) is 8.42 Å². The maximum absolute atomic E-state index is 12.7. The van der Waals surface area contributed by atoms with E-state index in [2.05, 4.69) is 4.90 Å². The molecule has 0 N–H and O–H groups in total. The normalized spacial score (nSPS) is 22.1. The van der Waals surface area contributed by atoms with Gasteiger partial charge >= 0.3 is 0 Å². The van der Waals surface area contributed by atoms with Crippen LogP contribution < -0.4 is 0 Å². The molecule has 0 atom stereocenters. The summed E-state index contributed by atoms with van der Waals surface area (Å²) in [5, 5.41) is 0. The number of benzene rings is 1. The van der Waals surface area contributed by atoms with Crippen molar-refractivity contribution >= 4 is 10.0 Å². The Kier molecular flexibility index (Phi) is 3.60. The lowest BCUT2D eigenvalue weighted by Gasteiger charge is -2.34. The lowest BCUT2D eigenvalue weighted by atomic mass is 10.2. The third-order valence-electron chi connectivity index (χ3n) is 4.28. The van der Waals surface area contributed by atoms with Crippen LogP contribution >= 0.6 is 0 Å². The van der Waals surface area contributed by atoms with E-state index in [0.29, 0.717) is 18.0 Å². The van der Waals surface area contributed by atoms with Crippen LogP contribution in [0.3, 0.4) is 0 Å². The summed E-state index contributed by atoms with van der Waals surface area (Å²) in [6.07, 6.45) is 2.56. The van der Waals surface area contributed by atoms with E-state index in [1.807, 2.05) is 26.0 Å². The highest BCUT2D eigenvalue weighted by Gasteiger charge is 2.35. The van der Waals surface area contributed by atoms with E-state index in [-0.39, 0.29) is 0 Å². The van der Waals surface area contributed by atoms with Crippen molar-refractivity contribution in [1.82, 2.24) is 9.21 Å². The van der Waals surface area contributed by atoms with Gasteiger partial charge in [0.2, 0.25) is 10.0 Å². The molecule has 3 rings (SSSR count). The molecule has 0 spiro atoms. The van der Waals surface area contributed by atoms with Crippen molar-refractivity contribution in [3.63, 3.8) is 0 Å². The number of piperazine rings is 1. The van der Waals surface area contributed by atoms with Crippen molar-refractivity contribution < 1.29 is 8.42 Å². The Balaban J connectivity index is 1.78. The predicted octanol–water partition coefficient (Wildman–Crippen LogP) is 1.77. The average molecular weight is 294 g/mol. The summed E-state index contributed by atoms with van der Waals surface area (Å²) >= 11 is 0. The largest absolute Gasteiger partial charge is 0.298 e. The third kappa shape index (κ3) is 2.62. The van der Waals surface area contributed by atoms with Crippen LogP contribution in [0.4, 0.5) is 0 Å². The molecule has 1 aliphatic heterocycles.